The van der Waals surface area contributed by atoms with Crippen LogP contribution in [0.25, 0.3) is 11.1 Å². The first-order valence-corrected chi connectivity index (χ1v) is 10.0. The number of likely N-dealkylation sites (tertiary alicyclic amines) is 1. The number of rotatable bonds is 4. The van der Waals surface area contributed by atoms with Crippen molar-refractivity contribution >= 4 is 23.4 Å². The number of carbonyl (C=O) groups excluding carboxylic acids is 2. The molecule has 1 N–H and O–H groups in total. The molecule has 3 aromatic rings. The molecule has 0 atom stereocenters. The number of piperidine rings is 1. The van der Waals surface area contributed by atoms with Crippen molar-refractivity contribution in [1.82, 2.24) is 25.2 Å². The van der Waals surface area contributed by atoms with Crippen molar-refractivity contribution in [3.05, 3.63) is 77.6 Å². The van der Waals surface area contributed by atoms with Gasteiger partial charge in [-0.1, -0.05) is 23.7 Å². The first-order valence-electron chi connectivity index (χ1n) is 9.67. The van der Waals surface area contributed by atoms with Gasteiger partial charge in [0.1, 0.15) is 11.5 Å². The van der Waals surface area contributed by atoms with Crippen molar-refractivity contribution in [2.45, 2.75) is 18.9 Å². The fraction of sp³-hybridized carbons (Fsp3) is 0.227. The molecule has 0 saturated carbocycles. The quantitative estimate of drug-likeness (QED) is 0.653. The first kappa shape index (κ1) is 20.0. The van der Waals surface area contributed by atoms with E-state index in [1.165, 1.54) is 12.5 Å². The topological polar surface area (TPSA) is 88.1 Å². The van der Waals surface area contributed by atoms with E-state index in [9.17, 15) is 9.59 Å². The molecule has 0 spiro atoms. The molecule has 1 saturated heterocycles. The van der Waals surface area contributed by atoms with Crippen molar-refractivity contribution in [3.63, 3.8) is 0 Å². The maximum Gasteiger partial charge on any atom is 0.253 e. The summed E-state index contributed by atoms with van der Waals surface area (Å²) in [6.07, 6.45) is 7.84. The van der Waals surface area contributed by atoms with Gasteiger partial charge in [0, 0.05) is 48.8 Å². The summed E-state index contributed by atoms with van der Waals surface area (Å²) < 4.78 is 0. The van der Waals surface area contributed by atoms with E-state index in [4.69, 9.17) is 11.6 Å². The minimum atomic E-state index is -0.176. The minimum absolute atomic E-state index is 0.00228. The van der Waals surface area contributed by atoms with Gasteiger partial charge in [-0.05, 0) is 42.7 Å². The van der Waals surface area contributed by atoms with E-state index in [2.05, 4.69) is 20.3 Å². The Labute approximate surface area is 179 Å². The number of amides is 2. The second kappa shape index (κ2) is 9.00. The van der Waals surface area contributed by atoms with Crippen molar-refractivity contribution in [2.24, 2.45) is 0 Å². The van der Waals surface area contributed by atoms with Crippen LogP contribution >= 0.6 is 11.6 Å². The Morgan fingerprint density at radius 2 is 1.57 bits per heavy atom. The Kier molecular flexibility index (Phi) is 5.99. The molecule has 30 heavy (non-hydrogen) atoms. The average Bonchev–Trinajstić information content (AvgIpc) is 2.80. The monoisotopic (exact) mass is 421 g/mol. The van der Waals surface area contributed by atoms with Crippen LogP contribution < -0.4 is 5.32 Å². The van der Waals surface area contributed by atoms with Crippen LogP contribution in [0.2, 0.25) is 5.15 Å². The van der Waals surface area contributed by atoms with Gasteiger partial charge in [-0.25, -0.2) is 15.0 Å². The molecule has 8 heteroatoms. The first-order chi connectivity index (χ1) is 14.6. The maximum atomic E-state index is 12.8. The summed E-state index contributed by atoms with van der Waals surface area (Å²) in [7, 11) is 0. The van der Waals surface area contributed by atoms with Gasteiger partial charge in [0.2, 0.25) is 0 Å². The van der Waals surface area contributed by atoms with Gasteiger partial charge in [-0.3, -0.25) is 9.59 Å². The molecule has 1 aliphatic rings. The molecule has 1 aliphatic heterocycles. The number of carbonyl (C=O) groups is 2. The summed E-state index contributed by atoms with van der Waals surface area (Å²) in [6, 6.07) is 10.7. The SMILES string of the molecule is O=C(NC1CCN(C(=O)c2ccc(-c3cncnc3)cc2)CC1)c1ccc(Cl)nc1. The Morgan fingerprint density at radius 1 is 0.900 bits per heavy atom. The van der Waals surface area contributed by atoms with Gasteiger partial charge in [0.25, 0.3) is 11.8 Å². The molecule has 0 radical (unpaired) electrons. The number of benzene rings is 1. The van der Waals surface area contributed by atoms with Crippen molar-refractivity contribution < 1.29 is 9.59 Å². The minimum Gasteiger partial charge on any atom is -0.349 e. The van der Waals surface area contributed by atoms with E-state index in [0.29, 0.717) is 42.2 Å². The van der Waals surface area contributed by atoms with Gasteiger partial charge in [-0.2, -0.15) is 0 Å². The summed E-state index contributed by atoms with van der Waals surface area (Å²) in [4.78, 5) is 38.9. The molecule has 0 bridgehead atoms. The van der Waals surface area contributed by atoms with Crippen molar-refractivity contribution in [2.75, 3.05) is 13.1 Å². The van der Waals surface area contributed by atoms with Gasteiger partial charge in [-0.15, -0.1) is 0 Å². The van der Waals surface area contributed by atoms with Crippen LogP contribution in [0.1, 0.15) is 33.6 Å². The van der Waals surface area contributed by atoms with Crippen LogP contribution in [0.3, 0.4) is 0 Å². The third-order valence-corrected chi connectivity index (χ3v) is 5.36. The number of pyridine rings is 1. The van der Waals surface area contributed by atoms with Crippen LogP contribution in [0.5, 0.6) is 0 Å². The lowest BCUT2D eigenvalue weighted by molar-refractivity contribution is 0.0698. The standard InChI is InChI=1S/C22H20ClN5O2/c23-20-6-5-17(13-26-20)21(29)27-19-7-9-28(10-8-19)22(30)16-3-1-15(2-4-16)18-11-24-14-25-12-18/h1-6,11-14,19H,7-10H2,(H,27,29). The molecule has 1 aromatic carbocycles. The summed E-state index contributed by atoms with van der Waals surface area (Å²) in [5.74, 6) is -0.179. The summed E-state index contributed by atoms with van der Waals surface area (Å²) in [5.41, 5.74) is 2.99. The molecule has 2 aromatic heterocycles. The Balaban J connectivity index is 1.32. The fourth-order valence-electron chi connectivity index (χ4n) is 3.44. The van der Waals surface area contributed by atoms with Gasteiger partial charge < -0.3 is 10.2 Å². The predicted octanol–water partition coefficient (Wildman–Crippen LogP) is 3.23. The summed E-state index contributed by atoms with van der Waals surface area (Å²) in [5, 5.41) is 3.36. The molecule has 0 unspecified atom stereocenters. The number of hydrogen-bond donors (Lipinski definition) is 1. The van der Waals surface area contributed by atoms with Crippen LogP contribution in [0, 0.1) is 0 Å². The van der Waals surface area contributed by atoms with Crippen LogP contribution in [-0.2, 0) is 0 Å². The van der Waals surface area contributed by atoms with Gasteiger partial charge >= 0.3 is 0 Å². The second-order valence-electron chi connectivity index (χ2n) is 7.11. The number of halogens is 1. The Hall–Kier alpha value is -3.32. The number of hydrogen-bond acceptors (Lipinski definition) is 5. The highest BCUT2D eigenvalue weighted by Gasteiger charge is 2.25. The van der Waals surface area contributed by atoms with Gasteiger partial charge in [0.05, 0.1) is 5.56 Å². The molecule has 0 aliphatic carbocycles. The van der Waals surface area contributed by atoms with E-state index in [-0.39, 0.29) is 17.9 Å². The lowest BCUT2D eigenvalue weighted by Crippen LogP contribution is -2.46. The average molecular weight is 422 g/mol. The molecule has 2 amide bonds. The maximum absolute atomic E-state index is 12.8. The highest BCUT2D eigenvalue weighted by Crippen LogP contribution is 2.20. The van der Waals surface area contributed by atoms with Crippen LogP contribution in [-0.4, -0.2) is 50.8 Å². The second-order valence-corrected chi connectivity index (χ2v) is 7.50. The van der Waals surface area contributed by atoms with E-state index in [0.717, 1.165) is 11.1 Å². The highest BCUT2D eigenvalue weighted by molar-refractivity contribution is 6.29. The summed E-state index contributed by atoms with van der Waals surface area (Å²) >= 11 is 5.76. The third kappa shape index (κ3) is 4.63. The number of nitrogens with zero attached hydrogens (tertiary/aromatic N) is 4. The van der Waals surface area contributed by atoms with E-state index in [1.54, 1.807) is 24.5 Å². The molecular formula is C22H20ClN5O2. The molecule has 3 heterocycles. The fourth-order valence-corrected chi connectivity index (χ4v) is 3.55. The number of aromatic nitrogens is 3. The molecule has 1 fully saturated rings. The zero-order chi connectivity index (χ0) is 20.9. The van der Waals surface area contributed by atoms with Gasteiger partial charge in [0.15, 0.2) is 0 Å². The number of nitrogens with one attached hydrogen (secondary N) is 1. The predicted molar refractivity (Wildman–Crippen MR) is 113 cm³/mol. The van der Waals surface area contributed by atoms with Crippen LogP contribution in [0.15, 0.2) is 61.3 Å². The lowest BCUT2D eigenvalue weighted by Gasteiger charge is -2.32. The van der Waals surface area contributed by atoms with Crippen molar-refractivity contribution in [1.29, 1.82) is 0 Å². The molecule has 4 rings (SSSR count). The molecule has 7 nitrogen and oxygen atoms in total. The Morgan fingerprint density at radius 3 is 2.20 bits per heavy atom. The summed E-state index contributed by atoms with van der Waals surface area (Å²) in [6.45, 7) is 1.19. The van der Waals surface area contributed by atoms with E-state index < -0.39 is 0 Å². The third-order valence-electron chi connectivity index (χ3n) is 5.13. The van der Waals surface area contributed by atoms with E-state index >= 15 is 0 Å². The van der Waals surface area contributed by atoms with E-state index in [1.807, 2.05) is 29.2 Å². The lowest BCUT2D eigenvalue weighted by atomic mass is 10.0. The smallest absolute Gasteiger partial charge is 0.253 e. The van der Waals surface area contributed by atoms with Crippen LogP contribution in [0.4, 0.5) is 0 Å². The Bertz CT molecular complexity index is 1020. The molecular weight excluding hydrogens is 402 g/mol. The van der Waals surface area contributed by atoms with Crippen molar-refractivity contribution in [3.8, 4) is 11.1 Å². The normalized spacial score (nSPS) is 14.4. The molecule has 152 valence electrons. The zero-order valence-electron chi connectivity index (χ0n) is 16.2. The highest BCUT2D eigenvalue weighted by atomic mass is 35.5. The zero-order valence-corrected chi connectivity index (χ0v) is 16.9. The largest absolute Gasteiger partial charge is 0.349 e.